The van der Waals surface area contributed by atoms with Crippen LogP contribution in [0.4, 0.5) is 13.2 Å². The summed E-state index contributed by atoms with van der Waals surface area (Å²) < 4.78 is 36.2. The lowest BCUT2D eigenvalue weighted by Crippen LogP contribution is -2.31. The minimum absolute atomic E-state index is 0.353. The molecule has 5 heteroatoms. The molecule has 0 amide bonds. The topological polar surface area (TPSA) is 32.3 Å². The van der Waals surface area contributed by atoms with Gasteiger partial charge in [0.05, 0.1) is 11.7 Å². The van der Waals surface area contributed by atoms with Gasteiger partial charge in [-0.1, -0.05) is 6.58 Å². The van der Waals surface area contributed by atoms with Gasteiger partial charge in [-0.05, 0) is 13.0 Å². The van der Waals surface area contributed by atoms with Crippen LogP contribution in [0.2, 0.25) is 0 Å². The molecule has 1 unspecified atom stereocenters. The molecule has 1 heterocycles. The van der Waals surface area contributed by atoms with Crippen molar-refractivity contribution in [3.63, 3.8) is 0 Å². The number of rotatable bonds is 2. The molecule has 1 saturated heterocycles. The Morgan fingerprint density at radius 1 is 1.54 bits per heavy atom. The van der Waals surface area contributed by atoms with Crippen LogP contribution in [0.3, 0.4) is 0 Å². The molecule has 0 aromatic carbocycles. The molecule has 1 rings (SSSR count). The lowest BCUT2D eigenvalue weighted by molar-refractivity contribution is -0.108. The van der Waals surface area contributed by atoms with Gasteiger partial charge < -0.3 is 10.4 Å². The van der Waals surface area contributed by atoms with Crippen molar-refractivity contribution in [1.29, 1.82) is 0 Å². The van der Waals surface area contributed by atoms with Crippen molar-refractivity contribution in [1.82, 2.24) is 5.32 Å². The van der Waals surface area contributed by atoms with Crippen molar-refractivity contribution < 1.29 is 18.3 Å². The third kappa shape index (κ3) is 2.45. The van der Waals surface area contributed by atoms with Crippen molar-refractivity contribution in [3.05, 3.63) is 12.2 Å². The SMILES string of the molecule is C=C(C(O)[C@@H]1CCNC1)C(F)(F)F. The fourth-order valence-corrected chi connectivity index (χ4v) is 1.40. The zero-order chi connectivity index (χ0) is 10.1. The molecule has 0 aromatic rings. The molecule has 0 saturated carbocycles. The van der Waals surface area contributed by atoms with Crippen LogP contribution in [-0.4, -0.2) is 30.5 Å². The predicted octanol–water partition coefficient (Wildman–Crippen LogP) is 1.08. The molecule has 0 spiro atoms. The van der Waals surface area contributed by atoms with Crippen molar-refractivity contribution in [3.8, 4) is 0 Å². The van der Waals surface area contributed by atoms with E-state index in [9.17, 15) is 18.3 Å². The smallest absolute Gasteiger partial charge is 0.388 e. The number of alkyl halides is 3. The first-order chi connectivity index (χ1) is 5.93. The van der Waals surface area contributed by atoms with Crippen LogP contribution in [-0.2, 0) is 0 Å². The largest absolute Gasteiger partial charge is 0.414 e. The molecule has 2 atom stereocenters. The van der Waals surface area contributed by atoms with E-state index in [1.54, 1.807) is 0 Å². The molecule has 2 N–H and O–H groups in total. The van der Waals surface area contributed by atoms with Gasteiger partial charge in [-0.3, -0.25) is 0 Å². The maximum absolute atomic E-state index is 12.1. The maximum atomic E-state index is 12.1. The summed E-state index contributed by atoms with van der Waals surface area (Å²) in [6.07, 6.45) is -5.38. The van der Waals surface area contributed by atoms with Crippen molar-refractivity contribution in [2.75, 3.05) is 13.1 Å². The first-order valence-corrected chi connectivity index (χ1v) is 4.07. The summed E-state index contributed by atoms with van der Waals surface area (Å²) >= 11 is 0. The van der Waals surface area contributed by atoms with Crippen LogP contribution in [0.15, 0.2) is 12.2 Å². The van der Waals surface area contributed by atoms with Gasteiger partial charge in [0.15, 0.2) is 0 Å². The van der Waals surface area contributed by atoms with Gasteiger partial charge in [-0.2, -0.15) is 13.2 Å². The van der Waals surface area contributed by atoms with Crippen LogP contribution in [0.1, 0.15) is 6.42 Å². The van der Waals surface area contributed by atoms with Gasteiger partial charge in [0, 0.05) is 12.5 Å². The molecular formula is C8H12F3NO. The highest BCUT2D eigenvalue weighted by Gasteiger charge is 2.39. The van der Waals surface area contributed by atoms with Crippen LogP contribution in [0, 0.1) is 5.92 Å². The number of halogens is 3. The van der Waals surface area contributed by atoms with Crippen LogP contribution >= 0.6 is 0 Å². The third-order valence-corrected chi connectivity index (χ3v) is 2.27. The summed E-state index contributed by atoms with van der Waals surface area (Å²) in [5, 5.41) is 12.2. The molecule has 76 valence electrons. The third-order valence-electron chi connectivity index (χ3n) is 2.27. The van der Waals surface area contributed by atoms with Crippen molar-refractivity contribution in [2.24, 2.45) is 5.92 Å². The molecule has 1 fully saturated rings. The van der Waals surface area contributed by atoms with Gasteiger partial charge in [-0.15, -0.1) is 0 Å². The second kappa shape index (κ2) is 3.67. The Kier molecular flexibility index (Phi) is 2.98. The molecule has 0 radical (unpaired) electrons. The number of aliphatic hydroxyl groups excluding tert-OH is 1. The Bertz CT molecular complexity index is 196. The predicted molar refractivity (Wildman–Crippen MR) is 42.2 cm³/mol. The van der Waals surface area contributed by atoms with E-state index in [1.807, 2.05) is 0 Å². The first kappa shape index (κ1) is 10.5. The fourth-order valence-electron chi connectivity index (χ4n) is 1.40. The normalized spacial score (nSPS) is 26.0. The fraction of sp³-hybridized carbons (Fsp3) is 0.750. The Balaban J connectivity index is 2.56. The van der Waals surface area contributed by atoms with Crippen molar-refractivity contribution in [2.45, 2.75) is 18.7 Å². The van der Waals surface area contributed by atoms with Gasteiger partial charge in [0.2, 0.25) is 0 Å². The average Bonchev–Trinajstić information content (AvgIpc) is 2.51. The Hall–Kier alpha value is -0.550. The van der Waals surface area contributed by atoms with E-state index in [-0.39, 0.29) is 5.92 Å². The highest BCUT2D eigenvalue weighted by atomic mass is 19.4. The average molecular weight is 195 g/mol. The summed E-state index contributed by atoms with van der Waals surface area (Å²) in [7, 11) is 0. The first-order valence-electron chi connectivity index (χ1n) is 4.07. The quantitative estimate of drug-likeness (QED) is 0.646. The molecule has 13 heavy (non-hydrogen) atoms. The van der Waals surface area contributed by atoms with Gasteiger partial charge in [0.25, 0.3) is 0 Å². The van der Waals surface area contributed by atoms with Gasteiger partial charge in [-0.25, -0.2) is 0 Å². The number of hydrogen-bond donors (Lipinski definition) is 2. The number of nitrogens with one attached hydrogen (secondary N) is 1. The van der Waals surface area contributed by atoms with Gasteiger partial charge >= 0.3 is 6.18 Å². The summed E-state index contributed by atoms with van der Waals surface area (Å²) in [4.78, 5) is 0. The Labute approximate surface area is 74.4 Å². The molecule has 0 aliphatic carbocycles. The summed E-state index contributed by atoms with van der Waals surface area (Å²) in [5.74, 6) is -0.353. The lowest BCUT2D eigenvalue weighted by Gasteiger charge is -2.21. The van der Waals surface area contributed by atoms with Crippen LogP contribution in [0.5, 0.6) is 0 Å². The van der Waals surface area contributed by atoms with E-state index in [0.717, 1.165) is 0 Å². The Morgan fingerprint density at radius 3 is 2.54 bits per heavy atom. The maximum Gasteiger partial charge on any atom is 0.414 e. The monoisotopic (exact) mass is 195 g/mol. The highest BCUT2D eigenvalue weighted by Crippen LogP contribution is 2.31. The summed E-state index contributed by atoms with van der Waals surface area (Å²) in [5.41, 5.74) is -1.04. The standard InChI is InChI=1S/C8H12F3NO/c1-5(8(9,10)11)7(13)6-2-3-12-4-6/h6-7,12-13H,1-4H2/t6-,7?/m1/s1. The van der Waals surface area contributed by atoms with Gasteiger partial charge in [0.1, 0.15) is 0 Å². The number of aliphatic hydroxyl groups is 1. The van der Waals surface area contributed by atoms with E-state index in [4.69, 9.17) is 0 Å². The highest BCUT2D eigenvalue weighted by molar-refractivity contribution is 5.11. The minimum atomic E-state index is -4.48. The number of hydrogen-bond acceptors (Lipinski definition) is 2. The van der Waals surface area contributed by atoms with E-state index in [0.29, 0.717) is 19.5 Å². The molecule has 1 aliphatic rings. The zero-order valence-corrected chi connectivity index (χ0v) is 7.06. The van der Waals surface area contributed by atoms with E-state index >= 15 is 0 Å². The Morgan fingerprint density at radius 2 is 2.15 bits per heavy atom. The molecule has 2 nitrogen and oxygen atoms in total. The minimum Gasteiger partial charge on any atom is -0.388 e. The zero-order valence-electron chi connectivity index (χ0n) is 7.06. The van der Waals surface area contributed by atoms with Crippen molar-refractivity contribution >= 4 is 0 Å². The lowest BCUT2D eigenvalue weighted by atomic mass is 9.95. The molecule has 0 bridgehead atoms. The molecule has 0 aromatic heterocycles. The van der Waals surface area contributed by atoms with E-state index < -0.39 is 17.9 Å². The second-order valence-corrected chi connectivity index (χ2v) is 3.22. The van der Waals surface area contributed by atoms with E-state index in [2.05, 4.69) is 11.9 Å². The second-order valence-electron chi connectivity index (χ2n) is 3.22. The van der Waals surface area contributed by atoms with Crippen LogP contribution < -0.4 is 5.32 Å². The van der Waals surface area contributed by atoms with E-state index in [1.165, 1.54) is 0 Å². The molecular weight excluding hydrogens is 183 g/mol. The summed E-state index contributed by atoms with van der Waals surface area (Å²) in [6.45, 7) is 3.95. The molecule has 1 aliphatic heterocycles. The van der Waals surface area contributed by atoms with Crippen LogP contribution in [0.25, 0.3) is 0 Å². The summed E-state index contributed by atoms with van der Waals surface area (Å²) in [6, 6.07) is 0.